The SMILES string of the molecule is N=C(N=C([OH2+])c1ccc(NCCO)nn1)C1(c2ccc(-c3cnc(N)nc3)cc2)CCC1. The van der Waals surface area contributed by atoms with Gasteiger partial charge >= 0.3 is 5.90 Å². The molecule has 10 heteroatoms. The molecule has 0 radical (unpaired) electrons. The number of hydrogen-bond acceptors (Lipinski definition) is 8. The molecule has 0 saturated heterocycles. The van der Waals surface area contributed by atoms with Crippen molar-refractivity contribution in [2.75, 3.05) is 24.2 Å². The van der Waals surface area contributed by atoms with E-state index in [1.54, 1.807) is 24.5 Å². The molecule has 0 spiro atoms. The van der Waals surface area contributed by atoms with E-state index in [9.17, 15) is 0 Å². The van der Waals surface area contributed by atoms with Crippen molar-refractivity contribution in [3.63, 3.8) is 0 Å². The molecule has 2 aromatic heterocycles. The summed E-state index contributed by atoms with van der Waals surface area (Å²) >= 11 is 0. The summed E-state index contributed by atoms with van der Waals surface area (Å²) in [5.41, 5.74) is 8.18. The molecule has 1 saturated carbocycles. The van der Waals surface area contributed by atoms with Crippen molar-refractivity contribution in [3.8, 4) is 11.1 Å². The number of hydrogen-bond donors (Lipinski definition) is 4. The van der Waals surface area contributed by atoms with E-state index in [0.29, 0.717) is 12.4 Å². The van der Waals surface area contributed by atoms with Crippen LogP contribution in [-0.2, 0) is 5.41 Å². The lowest BCUT2D eigenvalue weighted by atomic mass is 9.63. The van der Waals surface area contributed by atoms with Gasteiger partial charge in [-0.15, -0.1) is 15.2 Å². The molecule has 10 nitrogen and oxygen atoms in total. The van der Waals surface area contributed by atoms with Crippen LogP contribution >= 0.6 is 0 Å². The summed E-state index contributed by atoms with van der Waals surface area (Å²) in [6, 6.07) is 11.3. The van der Waals surface area contributed by atoms with Gasteiger partial charge in [-0.25, -0.2) is 9.97 Å². The van der Waals surface area contributed by atoms with Crippen LogP contribution in [0.3, 0.4) is 0 Å². The molecule has 0 aliphatic heterocycles. The minimum Gasteiger partial charge on any atom is -0.577 e. The fraction of sp³-hybridized carbons (Fsp3) is 0.273. The lowest BCUT2D eigenvalue weighted by molar-refractivity contribution is 0.311. The third-order valence-corrected chi connectivity index (χ3v) is 5.65. The number of nitrogens with one attached hydrogen (secondary N) is 2. The van der Waals surface area contributed by atoms with E-state index in [0.717, 1.165) is 36.0 Å². The number of anilines is 2. The van der Waals surface area contributed by atoms with Gasteiger partial charge < -0.3 is 21.3 Å². The first-order valence-electron chi connectivity index (χ1n) is 10.3. The molecule has 0 amide bonds. The summed E-state index contributed by atoms with van der Waals surface area (Å²) in [6.45, 7) is 0.357. The highest BCUT2D eigenvalue weighted by Crippen LogP contribution is 2.45. The summed E-state index contributed by atoms with van der Waals surface area (Å²) in [6.07, 6.45) is 5.98. The van der Waals surface area contributed by atoms with E-state index >= 15 is 0 Å². The van der Waals surface area contributed by atoms with Gasteiger partial charge in [0.1, 0.15) is 11.7 Å². The Morgan fingerprint density at radius 3 is 2.38 bits per heavy atom. The molecule has 3 aromatic rings. The van der Waals surface area contributed by atoms with E-state index in [-0.39, 0.29) is 30.0 Å². The first-order valence-corrected chi connectivity index (χ1v) is 10.3. The molecule has 164 valence electrons. The van der Waals surface area contributed by atoms with Gasteiger partial charge in [0.25, 0.3) is 0 Å². The van der Waals surface area contributed by atoms with Gasteiger partial charge in [-0.3, -0.25) is 5.41 Å². The second kappa shape index (κ2) is 9.06. The summed E-state index contributed by atoms with van der Waals surface area (Å²) in [5, 5.41) is 36.7. The summed E-state index contributed by atoms with van der Waals surface area (Å²) in [5.74, 6) is 0.796. The van der Waals surface area contributed by atoms with Crippen molar-refractivity contribution in [3.05, 3.63) is 60.0 Å². The molecule has 7 N–H and O–H groups in total. The van der Waals surface area contributed by atoms with Crippen molar-refractivity contribution >= 4 is 23.5 Å². The number of amidine groups is 1. The van der Waals surface area contributed by atoms with Crippen LogP contribution in [0.25, 0.3) is 11.1 Å². The van der Waals surface area contributed by atoms with Crippen LogP contribution in [0.1, 0.15) is 30.5 Å². The maximum absolute atomic E-state index is 8.86. The molecule has 1 aromatic carbocycles. The number of benzene rings is 1. The molecule has 0 bridgehead atoms. The van der Waals surface area contributed by atoms with Crippen molar-refractivity contribution in [1.82, 2.24) is 20.2 Å². The normalized spacial score (nSPS) is 15.1. The zero-order chi connectivity index (χ0) is 22.6. The molecule has 0 unspecified atom stereocenters. The van der Waals surface area contributed by atoms with Crippen LogP contribution < -0.4 is 11.1 Å². The Bertz CT molecular complexity index is 1110. The lowest BCUT2D eigenvalue weighted by Gasteiger charge is -2.41. The molecule has 32 heavy (non-hydrogen) atoms. The van der Waals surface area contributed by atoms with Crippen LogP contribution in [0, 0.1) is 5.41 Å². The molecular formula is C22H25N8O2+. The average molecular weight is 433 g/mol. The standard InChI is InChI=1S/C22H24N8O2/c23-20(28-19(32)17-6-7-18(30-29-17)25-10-11-31)22(8-1-9-22)16-4-2-14(3-5-16)15-12-26-21(24)27-13-15/h2-7,12-13,31H,1,8-11H2,(H,25,30)(H2,23,28,32)(H2,24,26,27)/p+1. The Labute approximate surface area is 184 Å². The van der Waals surface area contributed by atoms with Gasteiger partial charge in [0.2, 0.25) is 11.6 Å². The molecule has 0 atom stereocenters. The van der Waals surface area contributed by atoms with Crippen LogP contribution in [0.4, 0.5) is 11.8 Å². The second-order valence-electron chi connectivity index (χ2n) is 7.61. The predicted molar refractivity (Wildman–Crippen MR) is 123 cm³/mol. The fourth-order valence-corrected chi connectivity index (χ4v) is 3.67. The third-order valence-electron chi connectivity index (χ3n) is 5.65. The number of aliphatic hydroxyl groups is 1. The van der Waals surface area contributed by atoms with E-state index in [1.165, 1.54) is 0 Å². The maximum Gasteiger partial charge on any atom is 0.387 e. The van der Waals surface area contributed by atoms with Gasteiger partial charge in [0.15, 0.2) is 0 Å². The Morgan fingerprint density at radius 1 is 1.09 bits per heavy atom. The van der Waals surface area contributed by atoms with Crippen LogP contribution in [-0.4, -0.2) is 55.3 Å². The quantitative estimate of drug-likeness (QED) is 0.248. The summed E-state index contributed by atoms with van der Waals surface area (Å²) in [7, 11) is 0. The monoisotopic (exact) mass is 433 g/mol. The van der Waals surface area contributed by atoms with E-state index in [2.05, 4.69) is 30.5 Å². The van der Waals surface area contributed by atoms with Crippen molar-refractivity contribution in [2.24, 2.45) is 4.99 Å². The number of aromatic nitrogens is 4. The summed E-state index contributed by atoms with van der Waals surface area (Å²) < 4.78 is 0. The zero-order valence-corrected chi connectivity index (χ0v) is 17.4. The maximum atomic E-state index is 8.86. The molecule has 1 aliphatic carbocycles. The number of aliphatic imine (C=N–C) groups is 1. The van der Waals surface area contributed by atoms with Crippen LogP contribution in [0.2, 0.25) is 0 Å². The number of nitrogens with two attached hydrogens (primary N) is 1. The predicted octanol–water partition coefficient (Wildman–Crippen LogP) is 1.49. The largest absolute Gasteiger partial charge is 0.577 e. The van der Waals surface area contributed by atoms with E-state index < -0.39 is 5.41 Å². The highest BCUT2D eigenvalue weighted by Gasteiger charge is 2.43. The van der Waals surface area contributed by atoms with Crippen molar-refractivity contribution in [2.45, 2.75) is 24.7 Å². The zero-order valence-electron chi connectivity index (χ0n) is 17.4. The number of aliphatic hydroxyl groups excluding tert-OH is 1. The van der Waals surface area contributed by atoms with Crippen LogP contribution in [0.15, 0.2) is 53.8 Å². The minimum atomic E-state index is -0.501. The van der Waals surface area contributed by atoms with Gasteiger partial charge in [0, 0.05) is 24.5 Å². The van der Waals surface area contributed by atoms with Crippen molar-refractivity contribution < 1.29 is 10.2 Å². The second-order valence-corrected chi connectivity index (χ2v) is 7.61. The molecule has 4 rings (SSSR count). The van der Waals surface area contributed by atoms with Gasteiger partial charge in [0.05, 0.1) is 12.0 Å². The highest BCUT2D eigenvalue weighted by atomic mass is 16.3. The lowest BCUT2D eigenvalue weighted by Crippen LogP contribution is -2.41. The molecule has 1 fully saturated rings. The minimum absolute atomic E-state index is 0.0113. The third kappa shape index (κ3) is 4.26. The number of rotatable bonds is 7. The van der Waals surface area contributed by atoms with E-state index in [1.807, 2.05) is 24.3 Å². The fourth-order valence-electron chi connectivity index (χ4n) is 3.67. The average Bonchev–Trinajstić information content (AvgIpc) is 2.78. The van der Waals surface area contributed by atoms with Crippen LogP contribution in [0.5, 0.6) is 0 Å². The smallest absolute Gasteiger partial charge is 0.387 e. The molecule has 2 heterocycles. The molecule has 1 aliphatic rings. The number of nitrogens with zero attached hydrogens (tertiary/aromatic N) is 5. The Morgan fingerprint density at radius 2 is 1.81 bits per heavy atom. The van der Waals surface area contributed by atoms with E-state index in [4.69, 9.17) is 21.4 Å². The Hall–Kier alpha value is -3.92. The highest BCUT2D eigenvalue weighted by molar-refractivity contribution is 6.04. The van der Waals surface area contributed by atoms with Gasteiger partial charge in [-0.1, -0.05) is 30.7 Å². The Kier molecular flexibility index (Phi) is 6.04. The van der Waals surface area contributed by atoms with Gasteiger partial charge in [-0.2, -0.15) is 0 Å². The van der Waals surface area contributed by atoms with Crippen molar-refractivity contribution in [1.29, 1.82) is 5.41 Å². The number of nitrogen functional groups attached to an aromatic ring is 1. The Balaban J connectivity index is 1.53. The first kappa shape index (κ1) is 21.3. The molecular weight excluding hydrogens is 408 g/mol. The summed E-state index contributed by atoms with van der Waals surface area (Å²) in [4.78, 5) is 12.3. The van der Waals surface area contributed by atoms with Gasteiger partial charge in [-0.05, 0) is 36.1 Å². The topological polar surface area (TPSA) is 169 Å². The first-order chi connectivity index (χ1) is 15.5.